The van der Waals surface area contributed by atoms with Gasteiger partial charge in [-0.25, -0.2) is 13.6 Å². The molecule has 0 radical (unpaired) electrons. The normalized spacial score (nSPS) is 17.5. The largest absolute Gasteiger partial charge is 0.486 e. The number of amides is 1. The molecule has 0 saturated heterocycles. The summed E-state index contributed by atoms with van der Waals surface area (Å²) in [6.45, 7) is 1.52. The third-order valence-corrected chi connectivity index (χ3v) is 6.87. The fourth-order valence-corrected chi connectivity index (χ4v) is 4.82. The fourth-order valence-electron chi connectivity index (χ4n) is 4.30. The van der Waals surface area contributed by atoms with E-state index in [1.165, 1.54) is 12.1 Å². The number of fused-ring (bicyclic) bond motifs is 1. The maximum absolute atomic E-state index is 13.2. The number of nitrogens with two attached hydrogens (primary N) is 1. The first-order valence-electron chi connectivity index (χ1n) is 10.2. The van der Waals surface area contributed by atoms with Gasteiger partial charge in [-0.15, -0.1) is 0 Å². The van der Waals surface area contributed by atoms with Crippen molar-refractivity contribution in [2.24, 2.45) is 5.14 Å². The Morgan fingerprint density at radius 1 is 1.00 bits per heavy atom. The summed E-state index contributed by atoms with van der Waals surface area (Å²) in [5.74, 6) is 1.45. The molecule has 8 heteroatoms. The van der Waals surface area contributed by atoms with Crippen LogP contribution in [0.2, 0.25) is 0 Å². The fraction of sp³-hybridized carbons (Fsp3) is 0.409. The average Bonchev–Trinajstić information content (AvgIpc) is 3.24. The molecule has 2 aromatic carbocycles. The molecule has 4 rings (SSSR count). The number of carbonyl (C=O) groups excluding carboxylic acids is 1. The van der Waals surface area contributed by atoms with E-state index in [-0.39, 0.29) is 10.8 Å². The zero-order valence-electron chi connectivity index (χ0n) is 16.7. The molecule has 160 valence electrons. The van der Waals surface area contributed by atoms with Crippen LogP contribution in [0.1, 0.15) is 36.8 Å². The Labute approximate surface area is 176 Å². The van der Waals surface area contributed by atoms with Crippen molar-refractivity contribution in [1.29, 1.82) is 0 Å². The van der Waals surface area contributed by atoms with Gasteiger partial charge < -0.3 is 14.8 Å². The van der Waals surface area contributed by atoms with Gasteiger partial charge in [-0.1, -0.05) is 31.0 Å². The third-order valence-electron chi connectivity index (χ3n) is 5.94. The monoisotopic (exact) mass is 430 g/mol. The lowest BCUT2D eigenvalue weighted by Gasteiger charge is -2.30. The summed E-state index contributed by atoms with van der Waals surface area (Å²) in [5, 5.41) is 8.21. The van der Waals surface area contributed by atoms with Crippen molar-refractivity contribution in [2.45, 2.75) is 42.4 Å². The van der Waals surface area contributed by atoms with Crippen molar-refractivity contribution >= 4 is 15.9 Å². The predicted molar refractivity (Wildman–Crippen MR) is 112 cm³/mol. The second kappa shape index (κ2) is 8.28. The Morgan fingerprint density at radius 2 is 1.67 bits per heavy atom. The number of rotatable bonds is 6. The number of hydrogen-bond acceptors (Lipinski definition) is 5. The molecule has 0 aromatic heterocycles. The number of benzene rings is 2. The van der Waals surface area contributed by atoms with Crippen LogP contribution in [0.15, 0.2) is 47.4 Å². The molecule has 1 amide bonds. The molecule has 1 saturated carbocycles. The second-order valence-corrected chi connectivity index (χ2v) is 9.40. The Bertz CT molecular complexity index is 1030. The van der Waals surface area contributed by atoms with E-state index in [1.807, 2.05) is 18.2 Å². The van der Waals surface area contributed by atoms with Gasteiger partial charge in [0.2, 0.25) is 15.9 Å². The van der Waals surface area contributed by atoms with Gasteiger partial charge in [-0.3, -0.25) is 4.79 Å². The van der Waals surface area contributed by atoms with Crippen molar-refractivity contribution in [3.8, 4) is 11.5 Å². The molecule has 1 heterocycles. The minimum Gasteiger partial charge on any atom is -0.486 e. The molecule has 0 unspecified atom stereocenters. The summed E-state index contributed by atoms with van der Waals surface area (Å²) < 4.78 is 34.0. The molecule has 1 fully saturated rings. The summed E-state index contributed by atoms with van der Waals surface area (Å²) in [6.07, 6.45) is 4.24. The first-order chi connectivity index (χ1) is 14.4. The van der Waals surface area contributed by atoms with E-state index < -0.39 is 15.4 Å². The van der Waals surface area contributed by atoms with Crippen LogP contribution in [0, 0.1) is 0 Å². The zero-order chi connectivity index (χ0) is 21.2. The first-order valence-corrected chi connectivity index (χ1v) is 11.7. The van der Waals surface area contributed by atoms with Crippen LogP contribution in [-0.2, 0) is 26.7 Å². The molecule has 7 nitrogen and oxygen atoms in total. The van der Waals surface area contributed by atoms with Crippen molar-refractivity contribution in [1.82, 2.24) is 5.32 Å². The van der Waals surface area contributed by atoms with Gasteiger partial charge in [-0.05, 0) is 54.7 Å². The van der Waals surface area contributed by atoms with Crippen molar-refractivity contribution in [2.75, 3.05) is 19.8 Å². The number of carbonyl (C=O) groups is 1. The topological polar surface area (TPSA) is 108 Å². The lowest BCUT2D eigenvalue weighted by molar-refractivity contribution is -0.126. The number of primary sulfonamides is 1. The highest BCUT2D eigenvalue weighted by Gasteiger charge is 2.43. The molecule has 30 heavy (non-hydrogen) atoms. The van der Waals surface area contributed by atoms with Gasteiger partial charge in [0.25, 0.3) is 0 Å². The quantitative estimate of drug-likeness (QED) is 0.731. The van der Waals surface area contributed by atoms with Crippen LogP contribution < -0.4 is 19.9 Å². The lowest BCUT2D eigenvalue weighted by atomic mass is 9.77. The van der Waals surface area contributed by atoms with Gasteiger partial charge in [0, 0.05) is 6.54 Å². The minimum absolute atomic E-state index is 0.0258. The van der Waals surface area contributed by atoms with Gasteiger partial charge in [0.1, 0.15) is 13.2 Å². The van der Waals surface area contributed by atoms with E-state index in [0.717, 1.165) is 42.6 Å². The smallest absolute Gasteiger partial charge is 0.238 e. The molecular weight excluding hydrogens is 404 g/mol. The van der Waals surface area contributed by atoms with E-state index in [2.05, 4.69) is 5.32 Å². The van der Waals surface area contributed by atoms with Gasteiger partial charge in [0.05, 0.1) is 10.3 Å². The van der Waals surface area contributed by atoms with E-state index in [9.17, 15) is 13.2 Å². The van der Waals surface area contributed by atoms with Gasteiger partial charge >= 0.3 is 0 Å². The molecule has 0 bridgehead atoms. The highest BCUT2D eigenvalue weighted by molar-refractivity contribution is 7.89. The summed E-state index contributed by atoms with van der Waals surface area (Å²) in [5.41, 5.74) is 1.36. The van der Waals surface area contributed by atoms with Crippen molar-refractivity contribution < 1.29 is 22.7 Å². The SMILES string of the molecule is NS(=O)(=O)c1ccc(CCNC(=O)C2(c3ccc4c(c3)OCCO4)CCCC2)cc1. The first kappa shape index (κ1) is 20.7. The zero-order valence-corrected chi connectivity index (χ0v) is 17.5. The Hall–Kier alpha value is -2.58. The third kappa shape index (κ3) is 4.15. The molecule has 0 atom stereocenters. The summed E-state index contributed by atoms with van der Waals surface area (Å²) in [4.78, 5) is 13.3. The molecule has 0 spiro atoms. The molecule has 3 N–H and O–H groups in total. The Morgan fingerprint density at radius 3 is 2.33 bits per heavy atom. The van der Waals surface area contributed by atoms with E-state index >= 15 is 0 Å². The van der Waals surface area contributed by atoms with Gasteiger partial charge in [-0.2, -0.15) is 0 Å². The standard InChI is InChI=1S/C22H26N2O5S/c23-30(26,27)18-6-3-16(4-7-18)9-12-24-21(25)22(10-1-2-11-22)17-5-8-19-20(15-17)29-14-13-28-19/h3-8,15H,1-2,9-14H2,(H,24,25)(H2,23,26,27). The highest BCUT2D eigenvalue weighted by Crippen LogP contribution is 2.44. The minimum atomic E-state index is -3.70. The highest BCUT2D eigenvalue weighted by atomic mass is 32.2. The summed E-state index contributed by atoms with van der Waals surface area (Å²) in [6, 6.07) is 12.2. The van der Waals surface area contributed by atoms with Crippen LogP contribution in [0.4, 0.5) is 0 Å². The van der Waals surface area contributed by atoms with Crippen LogP contribution in [0.25, 0.3) is 0 Å². The van der Waals surface area contributed by atoms with Crippen LogP contribution in [0.3, 0.4) is 0 Å². The molecule has 2 aromatic rings. The van der Waals surface area contributed by atoms with Crippen molar-refractivity contribution in [3.63, 3.8) is 0 Å². The van der Waals surface area contributed by atoms with E-state index in [4.69, 9.17) is 14.6 Å². The maximum atomic E-state index is 13.2. The van der Waals surface area contributed by atoms with E-state index in [0.29, 0.717) is 31.9 Å². The summed E-state index contributed by atoms with van der Waals surface area (Å²) in [7, 11) is -3.70. The van der Waals surface area contributed by atoms with Crippen molar-refractivity contribution in [3.05, 3.63) is 53.6 Å². The lowest BCUT2D eigenvalue weighted by Crippen LogP contribution is -2.43. The number of hydrogen-bond donors (Lipinski definition) is 2. The Kier molecular flexibility index (Phi) is 5.71. The predicted octanol–water partition coefficient (Wildman–Crippen LogP) is 2.28. The molecule has 2 aliphatic rings. The maximum Gasteiger partial charge on any atom is 0.238 e. The Balaban J connectivity index is 1.44. The average molecular weight is 431 g/mol. The van der Waals surface area contributed by atoms with E-state index in [1.54, 1.807) is 12.1 Å². The van der Waals surface area contributed by atoms with Gasteiger partial charge in [0.15, 0.2) is 11.5 Å². The number of ether oxygens (including phenoxy) is 2. The van der Waals surface area contributed by atoms with Crippen LogP contribution in [-0.4, -0.2) is 34.1 Å². The molecule has 1 aliphatic heterocycles. The second-order valence-electron chi connectivity index (χ2n) is 7.84. The molecular formula is C22H26N2O5S. The number of nitrogens with one attached hydrogen (secondary N) is 1. The number of sulfonamides is 1. The molecule has 1 aliphatic carbocycles. The van der Waals surface area contributed by atoms with Crippen LogP contribution >= 0.6 is 0 Å². The summed E-state index contributed by atoms with van der Waals surface area (Å²) >= 11 is 0. The van der Waals surface area contributed by atoms with Crippen LogP contribution in [0.5, 0.6) is 11.5 Å².